The molecule has 1 rings (SSSR count). The minimum absolute atomic E-state index is 0.211. The average Bonchev–Trinajstić information content (AvgIpc) is 2.29. The molecule has 0 aliphatic carbocycles. The van der Waals surface area contributed by atoms with Crippen LogP contribution in [-0.2, 0) is 9.53 Å². The zero-order chi connectivity index (χ0) is 13.8. The van der Waals surface area contributed by atoms with Gasteiger partial charge in [0.05, 0.1) is 7.11 Å². The Morgan fingerprint density at radius 3 is 2.67 bits per heavy atom. The van der Waals surface area contributed by atoms with Crippen molar-refractivity contribution in [1.82, 2.24) is 5.32 Å². The summed E-state index contributed by atoms with van der Waals surface area (Å²) in [6, 6.07) is -0.289. The van der Waals surface area contributed by atoms with E-state index in [1.165, 1.54) is 7.11 Å². The number of hydrogen-bond acceptors (Lipinski definition) is 5. The van der Waals surface area contributed by atoms with E-state index in [2.05, 4.69) is 38.0 Å². The summed E-state index contributed by atoms with van der Waals surface area (Å²) in [5, 5.41) is 4.08. The highest BCUT2D eigenvalue weighted by Crippen LogP contribution is 2.27. The van der Waals surface area contributed by atoms with Gasteiger partial charge in [-0.3, -0.25) is 4.99 Å². The molecule has 1 aliphatic heterocycles. The number of carbonyl (C=O) groups excluding carboxylic acids is 1. The number of methoxy groups -OCH3 is 1. The highest BCUT2D eigenvalue weighted by molar-refractivity contribution is 8.13. The van der Waals surface area contributed by atoms with Crippen molar-refractivity contribution < 1.29 is 9.53 Å². The maximum absolute atomic E-state index is 11.7. The fraction of sp³-hybridized carbons (Fsp3) is 0.846. The van der Waals surface area contributed by atoms with Crippen LogP contribution >= 0.6 is 11.8 Å². The van der Waals surface area contributed by atoms with E-state index in [4.69, 9.17) is 4.74 Å². The van der Waals surface area contributed by atoms with Crippen molar-refractivity contribution in [2.45, 2.75) is 40.2 Å². The lowest BCUT2D eigenvalue weighted by atomic mass is 9.97. The predicted octanol–water partition coefficient (Wildman–Crippen LogP) is 2.29. The molecule has 1 unspecified atom stereocenters. The van der Waals surface area contributed by atoms with Crippen molar-refractivity contribution in [3.63, 3.8) is 0 Å². The number of carbonyl (C=O) groups is 1. The Bertz CT molecular complexity index is 327. The molecule has 0 amide bonds. The fourth-order valence-electron chi connectivity index (χ4n) is 1.70. The topological polar surface area (TPSA) is 50.7 Å². The van der Waals surface area contributed by atoms with Gasteiger partial charge in [0.2, 0.25) is 0 Å². The van der Waals surface area contributed by atoms with Crippen LogP contribution in [0.15, 0.2) is 4.99 Å². The highest BCUT2D eigenvalue weighted by atomic mass is 32.2. The number of aliphatic imine (C=N–C) groups is 1. The van der Waals surface area contributed by atoms with Crippen LogP contribution in [0.5, 0.6) is 0 Å². The minimum atomic E-state index is -0.289. The van der Waals surface area contributed by atoms with Crippen LogP contribution in [0.2, 0.25) is 0 Å². The van der Waals surface area contributed by atoms with Gasteiger partial charge in [-0.2, -0.15) is 0 Å². The molecule has 4 nitrogen and oxygen atoms in total. The van der Waals surface area contributed by atoms with Crippen molar-refractivity contribution in [2.75, 3.05) is 19.4 Å². The second-order valence-electron chi connectivity index (χ2n) is 5.92. The van der Waals surface area contributed by atoms with E-state index in [0.29, 0.717) is 5.92 Å². The maximum atomic E-state index is 11.7. The van der Waals surface area contributed by atoms with Crippen molar-refractivity contribution in [3.05, 3.63) is 0 Å². The number of nitrogens with one attached hydrogen (secondary N) is 1. The van der Waals surface area contributed by atoms with Crippen LogP contribution in [0, 0.1) is 11.3 Å². The van der Waals surface area contributed by atoms with E-state index in [-0.39, 0.29) is 17.4 Å². The molecule has 0 aromatic heterocycles. The first kappa shape index (κ1) is 15.3. The second kappa shape index (κ2) is 6.45. The summed E-state index contributed by atoms with van der Waals surface area (Å²) in [5.74, 6) is 1.25. The van der Waals surface area contributed by atoms with E-state index >= 15 is 0 Å². The number of thioether (sulfide) groups is 1. The van der Waals surface area contributed by atoms with Crippen LogP contribution in [0.1, 0.15) is 34.1 Å². The molecule has 1 heterocycles. The summed E-state index contributed by atoms with van der Waals surface area (Å²) in [4.78, 5) is 16.2. The molecule has 0 radical (unpaired) electrons. The third-order valence-corrected chi connectivity index (χ3v) is 4.19. The van der Waals surface area contributed by atoms with Crippen molar-refractivity contribution in [2.24, 2.45) is 16.3 Å². The minimum Gasteiger partial charge on any atom is -0.467 e. The Kier molecular flexibility index (Phi) is 5.50. The first-order valence-corrected chi connectivity index (χ1v) is 7.34. The Morgan fingerprint density at radius 2 is 2.22 bits per heavy atom. The quantitative estimate of drug-likeness (QED) is 0.798. The van der Waals surface area contributed by atoms with Gasteiger partial charge in [-0.25, -0.2) is 4.79 Å². The number of esters is 1. The van der Waals surface area contributed by atoms with Crippen LogP contribution in [0.4, 0.5) is 0 Å². The van der Waals surface area contributed by atoms with Gasteiger partial charge in [0, 0.05) is 12.3 Å². The maximum Gasteiger partial charge on any atom is 0.328 e. The molecular weight excluding hydrogens is 248 g/mol. The molecule has 0 saturated carbocycles. The summed E-state index contributed by atoms with van der Waals surface area (Å²) >= 11 is 1.68. The first-order valence-electron chi connectivity index (χ1n) is 6.35. The van der Waals surface area contributed by atoms with Crippen LogP contribution in [0.25, 0.3) is 0 Å². The average molecular weight is 272 g/mol. The monoisotopic (exact) mass is 272 g/mol. The van der Waals surface area contributed by atoms with Crippen molar-refractivity contribution in [3.8, 4) is 0 Å². The summed E-state index contributed by atoms with van der Waals surface area (Å²) in [5.41, 5.74) is 0.245. The van der Waals surface area contributed by atoms with Gasteiger partial charge in [0.15, 0.2) is 5.17 Å². The Balaban J connectivity index is 2.61. The molecule has 0 spiro atoms. The molecular formula is C13H24N2O2S. The summed E-state index contributed by atoms with van der Waals surface area (Å²) in [6.45, 7) is 9.39. The molecule has 0 fully saturated rings. The Labute approximate surface area is 114 Å². The molecule has 0 aromatic rings. The Morgan fingerprint density at radius 1 is 1.56 bits per heavy atom. The summed E-state index contributed by atoms with van der Waals surface area (Å²) in [7, 11) is 1.43. The van der Waals surface area contributed by atoms with Gasteiger partial charge < -0.3 is 10.1 Å². The highest BCUT2D eigenvalue weighted by Gasteiger charge is 2.27. The Hall–Kier alpha value is -0.710. The summed E-state index contributed by atoms with van der Waals surface area (Å²) in [6.07, 6.45) is 0.760. The van der Waals surface area contributed by atoms with Gasteiger partial charge in [-0.1, -0.05) is 39.5 Å². The second-order valence-corrected chi connectivity index (χ2v) is 6.89. The predicted molar refractivity (Wildman–Crippen MR) is 76.9 cm³/mol. The number of amidine groups is 1. The van der Waals surface area contributed by atoms with Gasteiger partial charge in [-0.15, -0.1) is 0 Å². The normalized spacial score (nSPS) is 20.2. The van der Waals surface area contributed by atoms with Gasteiger partial charge >= 0.3 is 5.97 Å². The molecule has 5 heteroatoms. The van der Waals surface area contributed by atoms with E-state index in [9.17, 15) is 4.79 Å². The third-order valence-electron chi connectivity index (χ3n) is 2.74. The van der Waals surface area contributed by atoms with Gasteiger partial charge in [0.25, 0.3) is 0 Å². The summed E-state index contributed by atoms with van der Waals surface area (Å²) < 4.78 is 4.83. The van der Waals surface area contributed by atoms with Crippen LogP contribution in [-0.4, -0.2) is 36.6 Å². The SMILES string of the molecule is COC(=O)C(CC(C)C)NC1=NCC(C)(C)CS1. The molecule has 1 N–H and O–H groups in total. The van der Waals surface area contributed by atoms with Crippen molar-refractivity contribution >= 4 is 22.9 Å². The van der Waals surface area contributed by atoms with Gasteiger partial charge in [0.1, 0.15) is 6.04 Å². The lowest BCUT2D eigenvalue weighted by Gasteiger charge is -2.29. The van der Waals surface area contributed by atoms with E-state index in [1.807, 2.05) is 0 Å². The number of hydrogen-bond donors (Lipinski definition) is 1. The number of rotatable bonds is 4. The van der Waals surface area contributed by atoms with Crippen LogP contribution < -0.4 is 5.32 Å². The third kappa shape index (κ3) is 4.88. The fourth-order valence-corrected chi connectivity index (χ4v) is 2.71. The number of nitrogens with zero attached hydrogens (tertiary/aromatic N) is 1. The zero-order valence-corrected chi connectivity index (χ0v) is 12.8. The molecule has 18 heavy (non-hydrogen) atoms. The molecule has 0 saturated heterocycles. The smallest absolute Gasteiger partial charge is 0.328 e. The van der Waals surface area contributed by atoms with E-state index in [1.54, 1.807) is 11.8 Å². The standard InChI is InChI=1S/C13H24N2O2S/c1-9(2)6-10(11(16)17-5)15-12-14-7-13(3,4)8-18-12/h9-10H,6-8H2,1-5H3,(H,14,15). The molecule has 1 atom stereocenters. The molecule has 1 aliphatic rings. The van der Waals surface area contributed by atoms with Crippen LogP contribution in [0.3, 0.4) is 0 Å². The number of ether oxygens (including phenoxy) is 1. The van der Waals surface area contributed by atoms with Crippen molar-refractivity contribution in [1.29, 1.82) is 0 Å². The van der Waals surface area contributed by atoms with E-state index in [0.717, 1.165) is 23.9 Å². The molecule has 0 bridgehead atoms. The lowest BCUT2D eigenvalue weighted by Crippen LogP contribution is -2.43. The molecule has 104 valence electrons. The first-order chi connectivity index (χ1) is 8.34. The van der Waals surface area contributed by atoms with Gasteiger partial charge in [-0.05, 0) is 17.8 Å². The zero-order valence-electron chi connectivity index (χ0n) is 11.9. The van der Waals surface area contributed by atoms with E-state index < -0.39 is 0 Å². The largest absolute Gasteiger partial charge is 0.467 e. The lowest BCUT2D eigenvalue weighted by molar-refractivity contribution is -0.143. The molecule has 0 aromatic carbocycles.